The molecule has 0 aliphatic rings. The zero-order valence-corrected chi connectivity index (χ0v) is 11.0. The summed E-state index contributed by atoms with van der Waals surface area (Å²) >= 11 is 1.13. The number of hydrogen-bond donors (Lipinski definition) is 0. The van der Waals surface area contributed by atoms with E-state index in [1.165, 1.54) is 12.3 Å². The molecule has 17 heavy (non-hydrogen) atoms. The number of urea groups is 1. The van der Waals surface area contributed by atoms with Crippen LogP contribution in [-0.4, -0.2) is 54.8 Å². The first kappa shape index (κ1) is 15.9. The van der Waals surface area contributed by atoms with Gasteiger partial charge in [-0.15, -0.1) is 0 Å². The Morgan fingerprint density at radius 3 is 2.71 bits per heavy atom. The third kappa shape index (κ3) is 7.70. The van der Waals surface area contributed by atoms with E-state index in [9.17, 15) is 9.59 Å². The lowest BCUT2D eigenvalue weighted by Gasteiger charge is -2.19. The SMILES string of the molecule is C=CC(=O)SCCN(CCOC)C(=O)N=CC. The van der Waals surface area contributed by atoms with Gasteiger partial charge in [0.15, 0.2) is 0 Å². The number of methoxy groups -OCH3 is 1. The molecule has 0 saturated carbocycles. The van der Waals surface area contributed by atoms with Gasteiger partial charge in [-0.1, -0.05) is 18.3 Å². The van der Waals surface area contributed by atoms with Crippen LogP contribution < -0.4 is 0 Å². The van der Waals surface area contributed by atoms with E-state index in [1.807, 2.05) is 0 Å². The molecule has 0 aliphatic heterocycles. The van der Waals surface area contributed by atoms with Gasteiger partial charge in [0.2, 0.25) is 5.12 Å². The van der Waals surface area contributed by atoms with Crippen molar-refractivity contribution in [3.63, 3.8) is 0 Å². The van der Waals surface area contributed by atoms with Gasteiger partial charge >= 0.3 is 6.03 Å². The molecule has 0 aliphatic carbocycles. The van der Waals surface area contributed by atoms with Gasteiger partial charge in [-0.25, -0.2) is 9.79 Å². The van der Waals surface area contributed by atoms with E-state index in [1.54, 1.807) is 18.9 Å². The van der Waals surface area contributed by atoms with Crippen LogP contribution in [-0.2, 0) is 9.53 Å². The minimum absolute atomic E-state index is 0.0943. The molecule has 0 radical (unpaired) electrons. The van der Waals surface area contributed by atoms with Gasteiger partial charge in [0, 0.05) is 32.2 Å². The topological polar surface area (TPSA) is 59.0 Å². The second-order valence-electron chi connectivity index (χ2n) is 3.02. The van der Waals surface area contributed by atoms with Crippen LogP contribution in [0, 0.1) is 0 Å². The number of rotatable bonds is 7. The van der Waals surface area contributed by atoms with Crippen LogP contribution in [0.5, 0.6) is 0 Å². The molecule has 0 aromatic carbocycles. The van der Waals surface area contributed by atoms with Crippen molar-refractivity contribution < 1.29 is 14.3 Å². The van der Waals surface area contributed by atoms with Gasteiger partial charge in [0.05, 0.1) is 6.61 Å². The maximum atomic E-state index is 11.6. The summed E-state index contributed by atoms with van der Waals surface area (Å²) in [5.41, 5.74) is 0. The molecule has 0 unspecified atom stereocenters. The quantitative estimate of drug-likeness (QED) is 0.514. The Labute approximate surface area is 106 Å². The number of aliphatic imine (C=N–C) groups is 1. The lowest BCUT2D eigenvalue weighted by atomic mass is 10.5. The highest BCUT2D eigenvalue weighted by atomic mass is 32.2. The average molecular weight is 258 g/mol. The van der Waals surface area contributed by atoms with Crippen molar-refractivity contribution in [2.75, 3.05) is 32.6 Å². The van der Waals surface area contributed by atoms with E-state index in [2.05, 4.69) is 11.6 Å². The Morgan fingerprint density at radius 1 is 1.47 bits per heavy atom. The molecule has 0 rings (SSSR count). The molecule has 0 saturated heterocycles. The van der Waals surface area contributed by atoms with Crippen molar-refractivity contribution in [1.29, 1.82) is 0 Å². The van der Waals surface area contributed by atoms with Crippen LogP contribution in [0.15, 0.2) is 17.6 Å². The van der Waals surface area contributed by atoms with E-state index in [0.29, 0.717) is 25.4 Å². The Hall–Kier alpha value is -1.14. The number of carbonyl (C=O) groups is 2. The van der Waals surface area contributed by atoms with Crippen molar-refractivity contribution in [3.05, 3.63) is 12.7 Å². The smallest absolute Gasteiger partial charge is 0.343 e. The summed E-state index contributed by atoms with van der Waals surface area (Å²) in [6.45, 7) is 6.44. The first-order chi connectivity index (χ1) is 8.15. The molecular formula is C11H18N2O3S. The van der Waals surface area contributed by atoms with Gasteiger partial charge in [0.25, 0.3) is 0 Å². The van der Waals surface area contributed by atoms with Crippen LogP contribution in [0.3, 0.4) is 0 Å². The van der Waals surface area contributed by atoms with E-state index in [0.717, 1.165) is 11.8 Å². The van der Waals surface area contributed by atoms with Gasteiger partial charge < -0.3 is 9.64 Å². The van der Waals surface area contributed by atoms with Crippen LogP contribution >= 0.6 is 11.8 Å². The largest absolute Gasteiger partial charge is 0.383 e. The molecule has 96 valence electrons. The second-order valence-corrected chi connectivity index (χ2v) is 4.12. The second kappa shape index (κ2) is 10.0. The molecule has 0 fully saturated rings. The van der Waals surface area contributed by atoms with Crippen molar-refractivity contribution in [3.8, 4) is 0 Å². The molecule has 0 atom stereocenters. The number of carbonyl (C=O) groups excluding carboxylic acids is 2. The zero-order valence-electron chi connectivity index (χ0n) is 10.2. The highest BCUT2D eigenvalue weighted by Crippen LogP contribution is 2.04. The predicted octanol–water partition coefficient (Wildman–Crippen LogP) is 1.59. The molecule has 2 amide bonds. The third-order valence-electron chi connectivity index (χ3n) is 1.85. The molecule has 0 heterocycles. The predicted molar refractivity (Wildman–Crippen MR) is 70.7 cm³/mol. The molecule has 0 aromatic heterocycles. The molecule has 6 heteroatoms. The minimum atomic E-state index is -0.309. The summed E-state index contributed by atoms with van der Waals surface area (Å²) in [4.78, 5) is 27.8. The summed E-state index contributed by atoms with van der Waals surface area (Å²) in [6, 6.07) is -0.309. The maximum Gasteiger partial charge on any atom is 0.343 e. The first-order valence-corrected chi connectivity index (χ1v) is 6.20. The Morgan fingerprint density at radius 2 is 2.18 bits per heavy atom. The van der Waals surface area contributed by atoms with Gasteiger partial charge in [0.1, 0.15) is 0 Å². The van der Waals surface area contributed by atoms with E-state index < -0.39 is 0 Å². The number of thioether (sulfide) groups is 1. The Balaban J connectivity index is 4.13. The van der Waals surface area contributed by atoms with Crippen molar-refractivity contribution in [2.45, 2.75) is 6.92 Å². The lowest BCUT2D eigenvalue weighted by molar-refractivity contribution is -0.107. The van der Waals surface area contributed by atoms with Crippen LogP contribution in [0.4, 0.5) is 4.79 Å². The zero-order chi connectivity index (χ0) is 13.1. The van der Waals surface area contributed by atoms with E-state index in [-0.39, 0.29) is 11.1 Å². The number of ether oxygens (including phenoxy) is 1. The third-order valence-corrected chi connectivity index (χ3v) is 2.69. The summed E-state index contributed by atoms with van der Waals surface area (Å²) in [5, 5.41) is -0.0943. The van der Waals surface area contributed by atoms with Crippen molar-refractivity contribution in [2.24, 2.45) is 4.99 Å². The fraction of sp³-hybridized carbons (Fsp3) is 0.545. The van der Waals surface area contributed by atoms with Crippen molar-refractivity contribution >= 4 is 29.1 Å². The summed E-state index contributed by atoms with van der Waals surface area (Å²) < 4.78 is 4.91. The minimum Gasteiger partial charge on any atom is -0.383 e. The number of nitrogens with zero attached hydrogens (tertiary/aromatic N) is 2. The average Bonchev–Trinajstić information content (AvgIpc) is 2.33. The lowest BCUT2D eigenvalue weighted by Crippen LogP contribution is -2.33. The van der Waals surface area contributed by atoms with Gasteiger partial charge in [-0.2, -0.15) is 0 Å². The molecule has 0 N–H and O–H groups in total. The number of hydrogen-bond acceptors (Lipinski definition) is 4. The van der Waals surface area contributed by atoms with Crippen LogP contribution in [0.2, 0.25) is 0 Å². The molecule has 0 spiro atoms. The standard InChI is InChI=1S/C11H18N2O3S/c1-4-10(14)17-9-7-13(6-8-16-3)11(15)12-5-2/h4-5H,1,6-9H2,2-3H3. The van der Waals surface area contributed by atoms with Crippen LogP contribution in [0.1, 0.15) is 6.92 Å². The van der Waals surface area contributed by atoms with E-state index in [4.69, 9.17) is 4.74 Å². The van der Waals surface area contributed by atoms with Crippen molar-refractivity contribution in [1.82, 2.24) is 4.90 Å². The van der Waals surface area contributed by atoms with Gasteiger partial charge in [-0.3, -0.25) is 4.79 Å². The monoisotopic (exact) mass is 258 g/mol. The fourth-order valence-corrected chi connectivity index (χ4v) is 1.64. The summed E-state index contributed by atoms with van der Waals surface area (Å²) in [5.74, 6) is 0.527. The van der Waals surface area contributed by atoms with Gasteiger partial charge in [-0.05, 0) is 13.0 Å². The Bertz CT molecular complexity index is 292. The first-order valence-electron chi connectivity index (χ1n) is 5.21. The normalized spacial score (nSPS) is 10.5. The van der Waals surface area contributed by atoms with E-state index >= 15 is 0 Å². The summed E-state index contributed by atoms with van der Waals surface area (Å²) in [7, 11) is 1.57. The maximum absolute atomic E-state index is 11.6. The molecular weight excluding hydrogens is 240 g/mol. The molecule has 0 aromatic rings. The summed E-state index contributed by atoms with van der Waals surface area (Å²) in [6.07, 6.45) is 2.71. The fourth-order valence-electron chi connectivity index (χ4n) is 1.01. The highest BCUT2D eigenvalue weighted by Gasteiger charge is 2.11. The van der Waals surface area contributed by atoms with Crippen LogP contribution in [0.25, 0.3) is 0 Å². The Kier molecular flexibility index (Phi) is 9.37. The number of amides is 2. The molecule has 5 nitrogen and oxygen atoms in total. The molecule has 0 bridgehead atoms. The highest BCUT2D eigenvalue weighted by molar-refractivity contribution is 8.14.